The molecule has 0 spiro atoms. The van der Waals surface area contributed by atoms with Crippen LogP contribution in [-0.2, 0) is 14.9 Å². The molecule has 0 bridgehead atoms. The number of rotatable bonds is 5. The molecular weight excluding hydrogens is 353 g/mol. The van der Waals surface area contributed by atoms with Crippen molar-refractivity contribution in [2.45, 2.75) is 26.4 Å². The Morgan fingerprint density at radius 2 is 2.09 bits per heavy atom. The fraction of sp³-hybridized carbons (Fsp3) is 0.500. The van der Waals surface area contributed by atoms with Crippen LogP contribution in [0.1, 0.15) is 20.8 Å². The van der Waals surface area contributed by atoms with Crippen molar-refractivity contribution in [2.75, 3.05) is 16.7 Å². The fourth-order valence-electron chi connectivity index (χ4n) is 1.40. The molecule has 0 radical (unpaired) electrons. The summed E-state index contributed by atoms with van der Waals surface area (Å²) in [5, 5.41) is 0.0404. The molecule has 124 valence electrons. The average molecular weight is 370 g/mol. The Hall–Kier alpha value is -1.09. The van der Waals surface area contributed by atoms with Gasteiger partial charge in [0.25, 0.3) is 0 Å². The van der Waals surface area contributed by atoms with Gasteiger partial charge in [-0.2, -0.15) is 17.4 Å². The van der Waals surface area contributed by atoms with Gasteiger partial charge in [-0.15, -0.1) is 11.6 Å². The maximum Gasteiger partial charge on any atom is 0.429 e. The lowest BCUT2D eigenvalue weighted by Gasteiger charge is -2.26. The van der Waals surface area contributed by atoms with E-state index in [0.29, 0.717) is 4.31 Å². The van der Waals surface area contributed by atoms with Gasteiger partial charge in [0.15, 0.2) is 0 Å². The van der Waals surface area contributed by atoms with Gasteiger partial charge in [-0.05, 0) is 26.8 Å². The molecule has 1 aromatic rings. The van der Waals surface area contributed by atoms with E-state index in [4.69, 9.17) is 27.9 Å². The van der Waals surface area contributed by atoms with Crippen LogP contribution in [0.5, 0.6) is 0 Å². The summed E-state index contributed by atoms with van der Waals surface area (Å²) in [6.07, 6.45) is 0.225. The highest BCUT2D eigenvalue weighted by Gasteiger charge is 2.33. The molecule has 0 unspecified atom stereocenters. The number of nitrogens with zero attached hydrogens (tertiary/aromatic N) is 2. The molecule has 0 aliphatic rings. The lowest BCUT2D eigenvalue weighted by atomic mass is 10.2. The molecule has 1 heterocycles. The van der Waals surface area contributed by atoms with Gasteiger partial charge < -0.3 is 4.74 Å². The molecule has 0 aliphatic heterocycles. The minimum absolute atomic E-state index is 0.0105. The van der Waals surface area contributed by atoms with E-state index < -0.39 is 21.9 Å². The monoisotopic (exact) mass is 369 g/mol. The molecule has 1 N–H and O–H groups in total. The highest BCUT2D eigenvalue weighted by atomic mass is 35.5. The summed E-state index contributed by atoms with van der Waals surface area (Å²) in [4.78, 5) is 16.0. The first-order chi connectivity index (χ1) is 10.1. The van der Waals surface area contributed by atoms with Gasteiger partial charge in [0, 0.05) is 24.7 Å². The summed E-state index contributed by atoms with van der Waals surface area (Å²) in [6, 6.07) is 2.57. The predicted octanol–water partition coefficient (Wildman–Crippen LogP) is 2.55. The molecular formula is C12H17Cl2N3O4S. The number of aromatic nitrogens is 1. The van der Waals surface area contributed by atoms with Gasteiger partial charge in [-0.25, -0.2) is 9.78 Å². The Bertz CT molecular complexity index is 632. The van der Waals surface area contributed by atoms with Gasteiger partial charge in [-0.1, -0.05) is 11.6 Å². The van der Waals surface area contributed by atoms with Crippen molar-refractivity contribution in [1.82, 2.24) is 9.71 Å². The van der Waals surface area contributed by atoms with Crippen LogP contribution in [0.4, 0.5) is 10.5 Å². The largest absolute Gasteiger partial charge is 0.443 e. The van der Waals surface area contributed by atoms with Crippen molar-refractivity contribution in [3.8, 4) is 0 Å². The minimum atomic E-state index is -4.19. The van der Waals surface area contributed by atoms with E-state index >= 15 is 0 Å². The second-order valence-corrected chi connectivity index (χ2v) is 7.54. The summed E-state index contributed by atoms with van der Waals surface area (Å²) in [7, 11) is -4.19. The average Bonchev–Trinajstić information content (AvgIpc) is 2.34. The van der Waals surface area contributed by atoms with Crippen molar-refractivity contribution >= 4 is 45.2 Å². The number of hydrogen-bond donors (Lipinski definition) is 1. The molecule has 0 aliphatic carbocycles. The lowest BCUT2D eigenvalue weighted by Crippen LogP contribution is -2.47. The summed E-state index contributed by atoms with van der Waals surface area (Å²) >= 11 is 11.2. The van der Waals surface area contributed by atoms with Crippen molar-refractivity contribution < 1.29 is 17.9 Å². The zero-order chi connectivity index (χ0) is 17.0. The highest BCUT2D eigenvalue weighted by Crippen LogP contribution is 2.22. The Balaban J connectivity index is 3.24. The molecule has 1 aromatic heterocycles. The van der Waals surface area contributed by atoms with Gasteiger partial charge in [-0.3, -0.25) is 0 Å². The first kappa shape index (κ1) is 19.0. The smallest absolute Gasteiger partial charge is 0.429 e. The second-order valence-electron chi connectivity index (χ2n) is 5.17. The Morgan fingerprint density at radius 1 is 1.45 bits per heavy atom. The first-order valence-corrected chi connectivity index (χ1v) is 8.62. The van der Waals surface area contributed by atoms with Gasteiger partial charge >= 0.3 is 16.3 Å². The topological polar surface area (TPSA) is 88.6 Å². The number of amides is 1. The standard InChI is InChI=1S/C12H17Cl2N3O4S/c1-12(2,3)21-11(18)17(22(19,20)16-7-5-13)9-4-6-15-10(14)8-9/h4,6,8,16H,5,7H2,1-3H3. The quantitative estimate of drug-likeness (QED) is 0.636. The number of ether oxygens (including phenoxy) is 1. The fourth-order valence-corrected chi connectivity index (χ4v) is 2.88. The van der Waals surface area contributed by atoms with Crippen LogP contribution in [0.25, 0.3) is 0 Å². The third kappa shape index (κ3) is 5.60. The van der Waals surface area contributed by atoms with Crippen molar-refractivity contribution in [3.05, 3.63) is 23.5 Å². The van der Waals surface area contributed by atoms with E-state index in [0.717, 1.165) is 0 Å². The lowest BCUT2D eigenvalue weighted by molar-refractivity contribution is 0.0608. The number of carbonyl (C=O) groups is 1. The van der Waals surface area contributed by atoms with Crippen molar-refractivity contribution in [1.29, 1.82) is 0 Å². The third-order valence-electron chi connectivity index (χ3n) is 2.12. The minimum Gasteiger partial charge on any atom is -0.443 e. The first-order valence-electron chi connectivity index (χ1n) is 6.27. The third-order valence-corrected chi connectivity index (χ3v) is 3.93. The Kier molecular flexibility index (Phi) is 6.42. The second kappa shape index (κ2) is 7.45. The van der Waals surface area contributed by atoms with E-state index in [1.54, 1.807) is 20.8 Å². The van der Waals surface area contributed by atoms with E-state index in [1.807, 2.05) is 0 Å². The number of halogens is 2. The number of anilines is 1. The maximum absolute atomic E-state index is 12.3. The van der Waals surface area contributed by atoms with Crippen LogP contribution < -0.4 is 9.03 Å². The number of carbonyl (C=O) groups excluding carboxylic acids is 1. The molecule has 0 aromatic carbocycles. The highest BCUT2D eigenvalue weighted by molar-refractivity contribution is 7.91. The Morgan fingerprint density at radius 3 is 2.59 bits per heavy atom. The number of alkyl halides is 1. The molecule has 0 saturated heterocycles. The van der Waals surface area contributed by atoms with Crippen LogP contribution in [0.2, 0.25) is 5.15 Å². The van der Waals surface area contributed by atoms with Crippen molar-refractivity contribution in [2.24, 2.45) is 0 Å². The van der Waals surface area contributed by atoms with Crippen molar-refractivity contribution in [3.63, 3.8) is 0 Å². The SMILES string of the molecule is CC(C)(C)OC(=O)N(c1ccnc(Cl)c1)S(=O)(=O)NCCCl. The molecule has 10 heteroatoms. The van der Waals surface area contributed by atoms with E-state index in [9.17, 15) is 13.2 Å². The molecule has 7 nitrogen and oxygen atoms in total. The molecule has 1 rings (SSSR count). The zero-order valence-electron chi connectivity index (χ0n) is 12.3. The van der Waals surface area contributed by atoms with Gasteiger partial charge in [0.1, 0.15) is 10.8 Å². The Labute approximate surface area is 139 Å². The van der Waals surface area contributed by atoms with E-state index in [2.05, 4.69) is 9.71 Å². The molecule has 0 fully saturated rings. The summed E-state index contributed by atoms with van der Waals surface area (Å²) in [6.45, 7) is 4.84. The van der Waals surface area contributed by atoms with Crippen LogP contribution in [0.3, 0.4) is 0 Å². The summed E-state index contributed by atoms with van der Waals surface area (Å²) in [5.74, 6) is 0.0541. The van der Waals surface area contributed by atoms with Gasteiger partial charge in [0.2, 0.25) is 0 Å². The predicted molar refractivity (Wildman–Crippen MR) is 85.6 cm³/mol. The van der Waals surface area contributed by atoms with Crippen LogP contribution in [-0.4, -0.2) is 37.5 Å². The van der Waals surface area contributed by atoms with Crippen LogP contribution in [0.15, 0.2) is 18.3 Å². The maximum atomic E-state index is 12.3. The molecule has 0 saturated carbocycles. The van der Waals surface area contributed by atoms with Crippen LogP contribution >= 0.6 is 23.2 Å². The molecule has 1 amide bonds. The summed E-state index contributed by atoms with van der Waals surface area (Å²) < 4.78 is 32.5. The van der Waals surface area contributed by atoms with E-state index in [1.165, 1.54) is 18.3 Å². The normalized spacial score (nSPS) is 12.0. The molecule has 0 atom stereocenters. The van der Waals surface area contributed by atoms with Gasteiger partial charge in [0.05, 0.1) is 5.69 Å². The number of hydrogen-bond acceptors (Lipinski definition) is 5. The van der Waals surface area contributed by atoms with E-state index in [-0.39, 0.29) is 23.3 Å². The molecule has 22 heavy (non-hydrogen) atoms. The number of nitrogens with one attached hydrogen (secondary N) is 1. The zero-order valence-corrected chi connectivity index (χ0v) is 14.7. The summed E-state index contributed by atoms with van der Waals surface area (Å²) in [5.41, 5.74) is -0.856. The number of pyridine rings is 1. The van der Waals surface area contributed by atoms with Crippen LogP contribution in [0, 0.1) is 0 Å².